The van der Waals surface area contributed by atoms with Gasteiger partial charge in [0.05, 0.1) is 11.6 Å². The van der Waals surface area contributed by atoms with Crippen LogP contribution in [0.3, 0.4) is 0 Å². The normalized spacial score (nSPS) is 12.2. The van der Waals surface area contributed by atoms with Crippen molar-refractivity contribution in [1.82, 2.24) is 30.5 Å². The minimum absolute atomic E-state index is 0.0109. The first kappa shape index (κ1) is 23.1. The molecule has 0 amide bonds. The van der Waals surface area contributed by atoms with E-state index >= 15 is 0 Å². The lowest BCUT2D eigenvalue weighted by atomic mass is 10.0. The highest BCUT2D eigenvalue weighted by molar-refractivity contribution is 6.30. The van der Waals surface area contributed by atoms with Crippen LogP contribution in [-0.4, -0.2) is 47.8 Å². The molecule has 0 bridgehead atoms. The Kier molecular flexibility index (Phi) is 6.40. The van der Waals surface area contributed by atoms with Crippen molar-refractivity contribution in [1.29, 1.82) is 0 Å². The van der Waals surface area contributed by atoms with Crippen LogP contribution in [0.2, 0.25) is 5.02 Å². The first-order valence-electron chi connectivity index (χ1n) is 9.32. The molecule has 0 unspecified atom stereocenters. The molecule has 10 nitrogen and oxygen atoms in total. The van der Waals surface area contributed by atoms with E-state index in [-0.39, 0.29) is 46.5 Å². The van der Waals surface area contributed by atoms with Gasteiger partial charge in [0.25, 0.3) is 0 Å². The molecule has 0 aliphatic rings. The van der Waals surface area contributed by atoms with Crippen molar-refractivity contribution in [3.05, 3.63) is 70.3 Å². The van der Waals surface area contributed by atoms with Crippen LogP contribution < -0.4 is 4.74 Å². The number of nitrogens with zero attached hydrogens (tertiary/aromatic N) is 7. The summed E-state index contributed by atoms with van der Waals surface area (Å²) in [4.78, 5) is 0. The van der Waals surface area contributed by atoms with Gasteiger partial charge in [-0.15, -0.1) is 18.3 Å². The van der Waals surface area contributed by atoms with Crippen molar-refractivity contribution in [3.63, 3.8) is 0 Å². The number of alkyl halides is 3. The monoisotopic (exact) mass is 497 g/mol. The third kappa shape index (κ3) is 5.28. The molecule has 1 N–H and O–H groups in total. The first-order chi connectivity index (χ1) is 16.2. The van der Waals surface area contributed by atoms with Crippen molar-refractivity contribution in [3.8, 4) is 17.1 Å². The van der Waals surface area contributed by atoms with E-state index in [9.17, 15) is 22.8 Å². The van der Waals surface area contributed by atoms with E-state index in [1.165, 1.54) is 35.0 Å². The van der Waals surface area contributed by atoms with E-state index in [2.05, 4.69) is 35.7 Å². The summed E-state index contributed by atoms with van der Waals surface area (Å²) in [6.45, 7) is -0.130. The summed E-state index contributed by atoms with van der Waals surface area (Å²) in [5.41, 5.74) is 1.03. The molecular formula is C19H12ClF4N7O3. The van der Waals surface area contributed by atoms with E-state index in [0.717, 1.165) is 12.1 Å². The highest BCUT2D eigenvalue weighted by Crippen LogP contribution is 2.27. The summed E-state index contributed by atoms with van der Waals surface area (Å²) in [6.07, 6.45) is -4.85. The molecular weight excluding hydrogens is 486 g/mol. The second-order valence-electron chi connectivity index (χ2n) is 6.77. The van der Waals surface area contributed by atoms with E-state index in [0.29, 0.717) is 5.56 Å². The number of tetrazole rings is 1. The van der Waals surface area contributed by atoms with Gasteiger partial charge in [-0.05, 0) is 45.4 Å². The summed E-state index contributed by atoms with van der Waals surface area (Å²) in [7, 11) is 0. The number of aromatic nitrogens is 6. The van der Waals surface area contributed by atoms with Gasteiger partial charge in [-0.25, -0.2) is 13.7 Å². The van der Waals surface area contributed by atoms with Gasteiger partial charge in [-0.1, -0.05) is 40.1 Å². The number of rotatable bonds is 7. The van der Waals surface area contributed by atoms with Crippen LogP contribution in [-0.2, 0) is 13.0 Å². The quantitative estimate of drug-likeness (QED) is 0.176. The molecule has 0 aliphatic heterocycles. The zero-order chi connectivity index (χ0) is 24.3. The van der Waals surface area contributed by atoms with Crippen LogP contribution in [0.25, 0.3) is 11.4 Å². The van der Waals surface area contributed by atoms with Crippen molar-refractivity contribution < 1.29 is 32.1 Å². The fourth-order valence-corrected chi connectivity index (χ4v) is 3.23. The summed E-state index contributed by atoms with van der Waals surface area (Å²) in [5, 5.41) is 31.4. The van der Waals surface area contributed by atoms with Crippen molar-refractivity contribution in [2.75, 3.05) is 0 Å². The highest BCUT2D eigenvalue weighted by Gasteiger charge is 2.31. The Bertz CT molecular complexity index is 1340. The molecule has 0 saturated heterocycles. The van der Waals surface area contributed by atoms with Crippen LogP contribution in [0.1, 0.15) is 17.0 Å². The van der Waals surface area contributed by atoms with Gasteiger partial charge >= 0.3 is 6.36 Å². The number of ether oxygens (including phenoxy) is 1. The molecule has 2 aromatic heterocycles. The average Bonchev–Trinajstić information content (AvgIpc) is 3.43. The second-order valence-corrected chi connectivity index (χ2v) is 7.17. The Labute approximate surface area is 192 Å². The zero-order valence-corrected chi connectivity index (χ0v) is 17.5. The molecule has 15 heteroatoms. The predicted molar refractivity (Wildman–Crippen MR) is 107 cm³/mol. The minimum atomic E-state index is -4.86. The van der Waals surface area contributed by atoms with Gasteiger partial charge in [0, 0.05) is 12.0 Å². The summed E-state index contributed by atoms with van der Waals surface area (Å²) in [5.74, 6) is -0.946. The first-order valence-corrected chi connectivity index (χ1v) is 9.70. The van der Waals surface area contributed by atoms with Crippen molar-refractivity contribution >= 4 is 17.3 Å². The van der Waals surface area contributed by atoms with Gasteiger partial charge < -0.3 is 9.94 Å². The molecule has 4 rings (SSSR count). The second kappa shape index (κ2) is 9.43. The Balaban J connectivity index is 1.58. The maximum atomic E-state index is 13.4. The van der Waals surface area contributed by atoms with Gasteiger partial charge in [-0.3, -0.25) is 0 Å². The molecule has 0 aliphatic carbocycles. The SMILES string of the molecule is ON=C(Cc1ccc(F)c(Cl)c1)c1nonc1Cn1nnnc1-c1cccc(OC(F)(F)F)c1. The predicted octanol–water partition coefficient (Wildman–Crippen LogP) is 3.88. The lowest BCUT2D eigenvalue weighted by Crippen LogP contribution is -2.17. The number of benzene rings is 2. The summed E-state index contributed by atoms with van der Waals surface area (Å²) >= 11 is 5.79. The molecule has 0 spiro atoms. The standard InChI is InChI=1S/C19H12ClF4N7O3/c20-13-6-10(4-5-14(13)21)7-15(26-32)17-16(27-34-28-17)9-31-18(25-29-30-31)11-2-1-3-12(8-11)33-19(22,23)24/h1-6,8,32H,7,9H2. The maximum absolute atomic E-state index is 13.4. The molecule has 0 saturated carbocycles. The largest absolute Gasteiger partial charge is 0.573 e. The van der Waals surface area contributed by atoms with Crippen LogP contribution in [0.4, 0.5) is 17.6 Å². The van der Waals surface area contributed by atoms with Gasteiger partial charge in [0.1, 0.15) is 23.0 Å². The van der Waals surface area contributed by atoms with Crippen LogP contribution >= 0.6 is 11.6 Å². The van der Waals surface area contributed by atoms with E-state index < -0.39 is 17.9 Å². The molecule has 2 aromatic carbocycles. The molecule has 34 heavy (non-hydrogen) atoms. The minimum Gasteiger partial charge on any atom is -0.411 e. The van der Waals surface area contributed by atoms with Crippen LogP contribution in [0.5, 0.6) is 5.75 Å². The van der Waals surface area contributed by atoms with E-state index in [1.54, 1.807) is 0 Å². The molecule has 0 fully saturated rings. The highest BCUT2D eigenvalue weighted by atomic mass is 35.5. The average molecular weight is 498 g/mol. The number of hydrogen-bond acceptors (Lipinski definition) is 9. The number of hydrogen-bond donors (Lipinski definition) is 1. The van der Waals surface area contributed by atoms with Gasteiger partial charge in [0.2, 0.25) is 0 Å². The fraction of sp³-hybridized carbons (Fsp3) is 0.158. The maximum Gasteiger partial charge on any atom is 0.573 e. The lowest BCUT2D eigenvalue weighted by molar-refractivity contribution is -0.274. The van der Waals surface area contributed by atoms with Crippen molar-refractivity contribution in [2.45, 2.75) is 19.3 Å². The lowest BCUT2D eigenvalue weighted by Gasteiger charge is -2.10. The third-order valence-electron chi connectivity index (χ3n) is 4.46. The molecule has 0 radical (unpaired) electrons. The molecule has 0 atom stereocenters. The molecule has 176 valence electrons. The van der Waals surface area contributed by atoms with Crippen LogP contribution in [0.15, 0.2) is 52.2 Å². The molecule has 2 heterocycles. The summed E-state index contributed by atoms with van der Waals surface area (Å²) in [6, 6.07) is 9.08. The fourth-order valence-electron chi connectivity index (χ4n) is 3.03. The third-order valence-corrected chi connectivity index (χ3v) is 4.75. The van der Waals surface area contributed by atoms with Gasteiger partial charge in [0.15, 0.2) is 11.5 Å². The van der Waals surface area contributed by atoms with E-state index in [1.807, 2.05) is 0 Å². The topological polar surface area (TPSA) is 124 Å². The summed E-state index contributed by atoms with van der Waals surface area (Å²) < 4.78 is 61.0. The molecule has 4 aromatic rings. The van der Waals surface area contributed by atoms with Crippen molar-refractivity contribution in [2.24, 2.45) is 5.16 Å². The number of oxime groups is 1. The Hall–Kier alpha value is -4.07. The Morgan fingerprint density at radius 3 is 2.74 bits per heavy atom. The van der Waals surface area contributed by atoms with Gasteiger partial charge in [-0.2, -0.15) is 0 Å². The Morgan fingerprint density at radius 2 is 2.00 bits per heavy atom. The van der Waals surface area contributed by atoms with E-state index in [4.69, 9.17) is 16.2 Å². The number of halogens is 5. The Morgan fingerprint density at radius 1 is 1.18 bits per heavy atom. The smallest absolute Gasteiger partial charge is 0.411 e. The van der Waals surface area contributed by atoms with Crippen LogP contribution in [0, 0.1) is 5.82 Å². The zero-order valence-electron chi connectivity index (χ0n) is 16.7.